The van der Waals surface area contributed by atoms with Crippen molar-refractivity contribution in [2.45, 2.75) is 32.4 Å². The van der Waals surface area contributed by atoms with Crippen molar-refractivity contribution in [2.75, 3.05) is 0 Å². The lowest BCUT2D eigenvalue weighted by molar-refractivity contribution is -0.138. The minimum absolute atomic E-state index is 0.0454. The van der Waals surface area contributed by atoms with Gasteiger partial charge in [0.05, 0.1) is 54.0 Å². The Morgan fingerprint density at radius 1 is 0.838 bits per heavy atom. The highest BCUT2D eigenvalue weighted by Gasteiger charge is 2.18. The van der Waals surface area contributed by atoms with Crippen LogP contribution in [0.15, 0.2) is 73.6 Å². The van der Waals surface area contributed by atoms with Gasteiger partial charge >= 0.3 is 11.9 Å². The van der Waals surface area contributed by atoms with Gasteiger partial charge in [0.15, 0.2) is 0 Å². The lowest BCUT2D eigenvalue weighted by Crippen LogP contribution is -2.13. The largest absolute Gasteiger partial charge is 0.481 e. The molecule has 2 aromatic heterocycles. The molecule has 0 aliphatic rings. The number of carbonyl (C=O) groups is 2. The Hall–Kier alpha value is -5.22. The van der Waals surface area contributed by atoms with E-state index < -0.39 is 17.9 Å². The van der Waals surface area contributed by atoms with Gasteiger partial charge in [-0.2, -0.15) is 10.5 Å². The third kappa shape index (κ3) is 7.38. The van der Waals surface area contributed by atoms with Gasteiger partial charge in [-0.3, -0.25) is 9.59 Å². The van der Waals surface area contributed by atoms with E-state index in [2.05, 4.69) is 22.1 Å². The molecule has 0 saturated heterocycles. The van der Waals surface area contributed by atoms with Gasteiger partial charge < -0.3 is 19.3 Å². The van der Waals surface area contributed by atoms with Crippen molar-refractivity contribution >= 4 is 11.9 Å². The highest BCUT2D eigenvalue weighted by atomic mass is 16.4. The predicted molar refractivity (Wildman–Crippen MR) is 132 cm³/mol. The maximum absolute atomic E-state index is 11.0. The first kappa shape index (κ1) is 26.4. The number of rotatable bonds is 8. The number of hydrogen-bond donors (Lipinski definition) is 2. The number of nitrogens with zero attached hydrogens (tertiary/aromatic N) is 6. The van der Waals surface area contributed by atoms with Crippen molar-refractivity contribution in [3.05, 3.63) is 107 Å². The van der Waals surface area contributed by atoms with Crippen molar-refractivity contribution in [1.29, 1.82) is 10.5 Å². The zero-order valence-electron chi connectivity index (χ0n) is 20.0. The van der Waals surface area contributed by atoms with Gasteiger partial charge in [0.2, 0.25) is 0 Å². The molecule has 0 fully saturated rings. The topological polar surface area (TPSA) is 158 Å². The van der Waals surface area contributed by atoms with Gasteiger partial charge in [-0.25, -0.2) is 9.97 Å². The molecule has 2 N–H and O–H groups in total. The molecule has 2 aromatic carbocycles. The number of aromatic nitrogens is 4. The van der Waals surface area contributed by atoms with Crippen LogP contribution in [0.2, 0.25) is 0 Å². The van der Waals surface area contributed by atoms with E-state index in [0.29, 0.717) is 35.6 Å². The first-order valence-electron chi connectivity index (χ1n) is 11.2. The standard InChI is InChI=1S/C14H13N3O2.C13H11N3O2/c1-10(14(18)19)13-7-16-9-17(13)8-12-4-2-11(6-15)3-5-12;14-6-10-1-3-11(4-2-10)8-16-9-15-7-12(16)5-13(17)18/h2-5,7,9-10H,8H2,1H3,(H,18,19);1-4,7,9H,5,8H2,(H,17,18). The molecule has 0 aliphatic carbocycles. The Balaban J connectivity index is 0.000000206. The number of aliphatic carboxylic acids is 2. The highest BCUT2D eigenvalue weighted by molar-refractivity contribution is 5.74. The Kier molecular flexibility index (Phi) is 8.90. The average molecular weight is 497 g/mol. The van der Waals surface area contributed by atoms with Crippen molar-refractivity contribution in [1.82, 2.24) is 19.1 Å². The number of carboxylic acid groups (broad SMARTS) is 2. The summed E-state index contributed by atoms with van der Waals surface area (Å²) in [5.74, 6) is -2.35. The summed E-state index contributed by atoms with van der Waals surface area (Å²) >= 11 is 0. The van der Waals surface area contributed by atoms with Crippen LogP contribution in [0.25, 0.3) is 0 Å². The van der Waals surface area contributed by atoms with Crippen LogP contribution in [0.5, 0.6) is 0 Å². The lowest BCUT2D eigenvalue weighted by Gasteiger charge is -2.11. The highest BCUT2D eigenvalue weighted by Crippen LogP contribution is 2.16. The maximum Gasteiger partial charge on any atom is 0.312 e. The molecule has 4 aromatic rings. The van der Waals surface area contributed by atoms with Crippen molar-refractivity contribution in [2.24, 2.45) is 0 Å². The molecule has 0 radical (unpaired) electrons. The van der Waals surface area contributed by atoms with Crippen molar-refractivity contribution in [3.63, 3.8) is 0 Å². The summed E-state index contributed by atoms with van der Waals surface area (Å²) < 4.78 is 3.59. The van der Waals surface area contributed by atoms with Crippen LogP contribution < -0.4 is 0 Å². The fourth-order valence-electron chi connectivity index (χ4n) is 3.51. The quantitative estimate of drug-likeness (QED) is 0.375. The molecule has 186 valence electrons. The Labute approximate surface area is 213 Å². The summed E-state index contributed by atoms with van der Waals surface area (Å²) in [5, 5.41) is 35.2. The minimum atomic E-state index is -0.878. The fourth-order valence-corrected chi connectivity index (χ4v) is 3.51. The number of imidazole rings is 2. The monoisotopic (exact) mass is 496 g/mol. The smallest absolute Gasteiger partial charge is 0.312 e. The van der Waals surface area contributed by atoms with Gasteiger partial charge in [-0.15, -0.1) is 0 Å². The summed E-state index contributed by atoms with van der Waals surface area (Å²) in [4.78, 5) is 29.6. The number of benzene rings is 2. The molecule has 0 amide bonds. The van der Waals surface area contributed by atoms with Gasteiger partial charge in [-0.05, 0) is 42.3 Å². The van der Waals surface area contributed by atoms with E-state index in [1.54, 1.807) is 65.4 Å². The first-order chi connectivity index (χ1) is 17.8. The van der Waals surface area contributed by atoms with E-state index in [1.165, 1.54) is 0 Å². The van der Waals surface area contributed by atoms with E-state index in [1.807, 2.05) is 24.3 Å². The molecule has 10 heteroatoms. The maximum atomic E-state index is 11.0. The molecular weight excluding hydrogens is 472 g/mol. The van der Waals surface area contributed by atoms with Gasteiger partial charge in [0.1, 0.15) is 0 Å². The number of carboxylic acids is 2. The second-order valence-corrected chi connectivity index (χ2v) is 8.21. The van der Waals surface area contributed by atoms with Crippen LogP contribution in [-0.4, -0.2) is 41.3 Å². The van der Waals surface area contributed by atoms with Crippen LogP contribution in [0.4, 0.5) is 0 Å². The van der Waals surface area contributed by atoms with E-state index in [-0.39, 0.29) is 6.42 Å². The van der Waals surface area contributed by atoms with Crippen molar-refractivity contribution < 1.29 is 19.8 Å². The molecule has 0 bridgehead atoms. The van der Waals surface area contributed by atoms with Crippen LogP contribution in [-0.2, 0) is 29.1 Å². The summed E-state index contributed by atoms with van der Waals surface area (Å²) in [5.41, 5.74) is 4.53. The van der Waals surface area contributed by atoms with Gasteiger partial charge in [0, 0.05) is 31.2 Å². The summed E-state index contributed by atoms with van der Waals surface area (Å²) in [6, 6.07) is 18.5. The Morgan fingerprint density at radius 2 is 1.32 bits per heavy atom. The molecule has 37 heavy (non-hydrogen) atoms. The van der Waals surface area contributed by atoms with Crippen LogP contribution >= 0.6 is 0 Å². The number of hydrogen-bond acceptors (Lipinski definition) is 6. The zero-order valence-corrected chi connectivity index (χ0v) is 20.0. The van der Waals surface area contributed by atoms with Crippen molar-refractivity contribution in [3.8, 4) is 12.1 Å². The molecule has 0 saturated carbocycles. The SMILES string of the molecule is CC(C(=O)O)c1cncn1Cc1ccc(C#N)cc1.N#Cc1ccc(Cn2cncc2CC(=O)O)cc1. The zero-order chi connectivity index (χ0) is 26.8. The summed E-state index contributed by atoms with van der Waals surface area (Å²) in [7, 11) is 0. The number of nitriles is 2. The van der Waals surface area contributed by atoms with Gasteiger partial charge in [0.25, 0.3) is 0 Å². The summed E-state index contributed by atoms with van der Waals surface area (Å²) in [6.07, 6.45) is 6.31. The van der Waals surface area contributed by atoms with Crippen LogP contribution in [0, 0.1) is 22.7 Å². The predicted octanol–water partition coefficient (Wildman–Crippen LogP) is 3.42. The molecule has 0 spiro atoms. The van der Waals surface area contributed by atoms with E-state index in [0.717, 1.165) is 11.1 Å². The minimum Gasteiger partial charge on any atom is -0.481 e. The van der Waals surface area contributed by atoms with E-state index >= 15 is 0 Å². The molecular formula is C27H24N6O4. The molecule has 0 aliphatic heterocycles. The average Bonchev–Trinajstić information content (AvgIpc) is 3.54. The van der Waals surface area contributed by atoms with Crippen LogP contribution in [0.1, 0.15) is 46.5 Å². The fraction of sp³-hybridized carbons (Fsp3) is 0.185. The Morgan fingerprint density at radius 3 is 1.81 bits per heavy atom. The van der Waals surface area contributed by atoms with Gasteiger partial charge in [-0.1, -0.05) is 24.3 Å². The Bertz CT molecular complexity index is 1440. The van der Waals surface area contributed by atoms with E-state index in [4.69, 9.17) is 20.7 Å². The molecule has 1 atom stereocenters. The lowest BCUT2D eigenvalue weighted by atomic mass is 10.1. The molecule has 2 heterocycles. The molecule has 1 unspecified atom stereocenters. The van der Waals surface area contributed by atoms with E-state index in [9.17, 15) is 9.59 Å². The van der Waals surface area contributed by atoms with Crippen LogP contribution in [0.3, 0.4) is 0 Å². The normalized spacial score (nSPS) is 10.9. The first-order valence-corrected chi connectivity index (χ1v) is 11.2. The second-order valence-electron chi connectivity index (χ2n) is 8.21. The molecule has 10 nitrogen and oxygen atoms in total. The molecule has 4 rings (SSSR count). The third-order valence-electron chi connectivity index (χ3n) is 5.56. The summed E-state index contributed by atoms with van der Waals surface area (Å²) in [6.45, 7) is 2.72. The third-order valence-corrected chi connectivity index (χ3v) is 5.56. The second kappa shape index (κ2) is 12.5.